The van der Waals surface area contributed by atoms with Gasteiger partial charge < -0.3 is 14.4 Å². The molecule has 0 N–H and O–H groups in total. The summed E-state index contributed by atoms with van der Waals surface area (Å²) in [6, 6.07) is 14.9. The van der Waals surface area contributed by atoms with Crippen molar-refractivity contribution in [2.75, 3.05) is 14.2 Å². The number of nitrogens with zero attached hydrogens (tertiary/aromatic N) is 2. The summed E-state index contributed by atoms with van der Waals surface area (Å²) in [6.45, 7) is 1.89. The number of carbonyl (C=O) groups excluding carboxylic acids is 1. The maximum Gasteiger partial charge on any atom is 0.360 e. The molecule has 144 valence electrons. The van der Waals surface area contributed by atoms with Gasteiger partial charge in [-0.05, 0) is 24.2 Å². The third-order valence-corrected chi connectivity index (χ3v) is 4.10. The van der Waals surface area contributed by atoms with Gasteiger partial charge in [0, 0.05) is 16.7 Å². The Hall–Kier alpha value is -3.16. The summed E-state index contributed by atoms with van der Waals surface area (Å²) in [5, 5.41) is 8.81. The summed E-state index contributed by atoms with van der Waals surface area (Å²) in [4.78, 5) is 22.1. The number of benzene rings is 2. The van der Waals surface area contributed by atoms with Crippen LogP contribution in [0.1, 0.15) is 23.6 Å². The zero-order valence-corrected chi connectivity index (χ0v) is 17.1. The van der Waals surface area contributed by atoms with E-state index in [0.29, 0.717) is 16.8 Å². The van der Waals surface area contributed by atoms with E-state index in [9.17, 15) is 4.79 Å². The van der Waals surface area contributed by atoms with Crippen molar-refractivity contribution < 1.29 is 19.2 Å². The topological polar surface area (TPSA) is 69.5 Å². The minimum Gasteiger partial charge on any atom is -0.464 e. The van der Waals surface area contributed by atoms with Crippen molar-refractivity contribution in [1.29, 1.82) is 0 Å². The van der Waals surface area contributed by atoms with Crippen LogP contribution in [0.3, 0.4) is 0 Å². The Kier molecular flexibility index (Phi) is 8.20. The van der Waals surface area contributed by atoms with Gasteiger partial charge in [0.2, 0.25) is 0 Å². The Morgan fingerprint density at radius 2 is 1.79 bits per heavy atom. The van der Waals surface area contributed by atoms with Crippen LogP contribution in [-0.2, 0) is 25.8 Å². The van der Waals surface area contributed by atoms with Crippen molar-refractivity contribution in [3.05, 3.63) is 65.2 Å². The fourth-order valence-electron chi connectivity index (χ4n) is 2.25. The fourth-order valence-corrected chi connectivity index (χ4v) is 2.53. The van der Waals surface area contributed by atoms with Gasteiger partial charge in [-0.15, -0.1) is 9.24 Å². The van der Waals surface area contributed by atoms with E-state index in [1.54, 1.807) is 19.1 Å². The minimum absolute atomic E-state index is 0.0572. The van der Waals surface area contributed by atoms with E-state index in [-0.39, 0.29) is 12.3 Å². The number of hydrogen-bond donors (Lipinski definition) is 0. The lowest BCUT2D eigenvalue weighted by Gasteiger charge is -2.09. The average molecular weight is 396 g/mol. The molecule has 2 aromatic carbocycles. The molecule has 0 amide bonds. The van der Waals surface area contributed by atoms with Crippen molar-refractivity contribution in [2.45, 2.75) is 13.5 Å². The van der Waals surface area contributed by atoms with Gasteiger partial charge in [0.1, 0.15) is 19.4 Å². The number of methoxy groups -OCH3 is 1. The molecular formula is C21H21N2O4P. The summed E-state index contributed by atoms with van der Waals surface area (Å²) in [5.74, 6) is 5.41. The molecule has 7 heteroatoms. The highest BCUT2D eigenvalue weighted by molar-refractivity contribution is 7.27. The molecule has 0 radical (unpaired) electrons. The van der Waals surface area contributed by atoms with Crippen molar-refractivity contribution in [2.24, 2.45) is 10.3 Å². The third-order valence-electron chi connectivity index (χ3n) is 3.59. The SMILES string of the molecule is CO/N=C(/C(=O)OC)c1ccccc1CO/N=C(\C)C#Cc1ccccc1P. The van der Waals surface area contributed by atoms with Crippen molar-refractivity contribution in [3.8, 4) is 11.8 Å². The maximum absolute atomic E-state index is 12.0. The van der Waals surface area contributed by atoms with E-state index in [2.05, 4.69) is 31.4 Å². The molecule has 2 aromatic rings. The summed E-state index contributed by atoms with van der Waals surface area (Å²) in [6.07, 6.45) is 0. The molecule has 2 rings (SSSR count). The molecule has 0 saturated heterocycles. The van der Waals surface area contributed by atoms with Crippen molar-refractivity contribution >= 4 is 31.9 Å². The lowest BCUT2D eigenvalue weighted by atomic mass is 10.0. The van der Waals surface area contributed by atoms with Crippen LogP contribution in [-0.4, -0.2) is 31.6 Å². The van der Waals surface area contributed by atoms with Gasteiger partial charge in [0.05, 0.1) is 7.11 Å². The van der Waals surface area contributed by atoms with E-state index >= 15 is 0 Å². The van der Waals surface area contributed by atoms with Gasteiger partial charge in [-0.25, -0.2) is 4.79 Å². The first-order valence-corrected chi connectivity index (χ1v) is 8.95. The summed E-state index contributed by atoms with van der Waals surface area (Å²) >= 11 is 0. The molecule has 0 aliphatic carbocycles. The quantitative estimate of drug-likeness (QED) is 0.248. The number of oxime groups is 2. The lowest BCUT2D eigenvalue weighted by Crippen LogP contribution is -2.19. The molecule has 0 aliphatic rings. The Morgan fingerprint density at radius 3 is 2.50 bits per heavy atom. The third kappa shape index (κ3) is 5.94. The molecule has 28 heavy (non-hydrogen) atoms. The first kappa shape index (κ1) is 21.1. The minimum atomic E-state index is -0.601. The number of esters is 1. The highest BCUT2D eigenvalue weighted by Gasteiger charge is 2.19. The van der Waals surface area contributed by atoms with Gasteiger partial charge in [0.25, 0.3) is 0 Å². The van der Waals surface area contributed by atoms with Gasteiger partial charge in [0.15, 0.2) is 5.71 Å². The van der Waals surface area contributed by atoms with E-state index in [1.165, 1.54) is 14.2 Å². The van der Waals surface area contributed by atoms with Crippen LogP contribution >= 0.6 is 9.24 Å². The molecule has 6 nitrogen and oxygen atoms in total. The molecule has 0 fully saturated rings. The normalized spacial score (nSPS) is 11.3. The predicted molar refractivity (Wildman–Crippen MR) is 113 cm³/mol. The van der Waals surface area contributed by atoms with Gasteiger partial charge in [-0.2, -0.15) is 0 Å². The molecule has 0 aliphatic heterocycles. The zero-order valence-electron chi connectivity index (χ0n) is 15.9. The monoisotopic (exact) mass is 396 g/mol. The van der Waals surface area contributed by atoms with Gasteiger partial charge in [-0.3, -0.25) is 0 Å². The second-order valence-electron chi connectivity index (χ2n) is 5.56. The van der Waals surface area contributed by atoms with Crippen LogP contribution in [0.4, 0.5) is 0 Å². The Labute approximate surface area is 166 Å². The highest BCUT2D eigenvalue weighted by atomic mass is 31.0. The molecular weight excluding hydrogens is 375 g/mol. The smallest absolute Gasteiger partial charge is 0.360 e. The average Bonchev–Trinajstić information content (AvgIpc) is 2.71. The van der Waals surface area contributed by atoms with E-state index in [0.717, 1.165) is 10.9 Å². The number of rotatable bonds is 6. The van der Waals surface area contributed by atoms with Crippen LogP contribution in [0.25, 0.3) is 0 Å². The Balaban J connectivity index is 2.13. The molecule has 0 saturated carbocycles. The van der Waals surface area contributed by atoms with E-state index in [4.69, 9.17) is 14.4 Å². The van der Waals surface area contributed by atoms with Crippen LogP contribution < -0.4 is 5.30 Å². The molecule has 1 atom stereocenters. The highest BCUT2D eigenvalue weighted by Crippen LogP contribution is 2.13. The van der Waals surface area contributed by atoms with E-state index < -0.39 is 5.97 Å². The van der Waals surface area contributed by atoms with Crippen molar-refractivity contribution in [1.82, 2.24) is 0 Å². The largest absolute Gasteiger partial charge is 0.464 e. The van der Waals surface area contributed by atoms with Crippen LogP contribution in [0.15, 0.2) is 58.8 Å². The van der Waals surface area contributed by atoms with E-state index in [1.807, 2.05) is 36.4 Å². The first-order valence-electron chi connectivity index (χ1n) is 8.37. The van der Waals surface area contributed by atoms with Gasteiger partial charge in [-0.1, -0.05) is 58.7 Å². The maximum atomic E-state index is 12.0. The molecule has 0 heterocycles. The predicted octanol–water partition coefficient (Wildman–Crippen LogP) is 2.65. The summed E-state index contributed by atoms with van der Waals surface area (Å²) < 4.78 is 4.76. The number of ether oxygens (including phenoxy) is 1. The van der Waals surface area contributed by atoms with Crippen LogP contribution in [0, 0.1) is 11.8 Å². The summed E-state index contributed by atoms with van der Waals surface area (Å²) in [7, 11) is 5.29. The Bertz CT molecular complexity index is 958. The second kappa shape index (κ2) is 10.9. The number of hydrogen-bond acceptors (Lipinski definition) is 6. The fraction of sp³-hybridized carbons (Fsp3) is 0.190. The molecule has 1 unspecified atom stereocenters. The van der Waals surface area contributed by atoms with Crippen LogP contribution in [0.2, 0.25) is 0 Å². The zero-order chi connectivity index (χ0) is 20.4. The lowest BCUT2D eigenvalue weighted by molar-refractivity contribution is -0.132. The van der Waals surface area contributed by atoms with Crippen molar-refractivity contribution in [3.63, 3.8) is 0 Å². The summed E-state index contributed by atoms with van der Waals surface area (Å²) in [5.41, 5.74) is 2.76. The second-order valence-corrected chi connectivity index (χ2v) is 6.18. The number of carbonyl (C=O) groups is 1. The van der Waals surface area contributed by atoms with Crippen LogP contribution in [0.5, 0.6) is 0 Å². The van der Waals surface area contributed by atoms with Gasteiger partial charge >= 0.3 is 5.97 Å². The standard InChI is InChI=1S/C21H21N2O4P/c1-15(12-13-16-8-5-7-11-19(16)28)22-27-14-17-9-4-6-10-18(17)20(23-26-3)21(24)25-2/h4-11H,14,28H2,1-3H3/b22-15+,23-20+. The molecule has 0 aromatic heterocycles. The first-order chi connectivity index (χ1) is 13.6. The molecule has 0 spiro atoms. The molecule has 0 bridgehead atoms. The Morgan fingerprint density at radius 1 is 1.07 bits per heavy atom.